The number of amides is 2. The molecule has 1 saturated carbocycles. The molecule has 0 aromatic rings. The van der Waals surface area contributed by atoms with Crippen LogP contribution in [0.15, 0.2) is 0 Å². The van der Waals surface area contributed by atoms with Gasteiger partial charge in [-0.1, -0.05) is 13.8 Å². The molecule has 3 saturated heterocycles. The third-order valence-electron chi connectivity index (χ3n) is 7.63. The third-order valence-corrected chi connectivity index (χ3v) is 8.07. The molecule has 3 heterocycles. The Morgan fingerprint density at radius 2 is 1.90 bits per heavy atom. The molecule has 1 aliphatic carbocycles. The van der Waals surface area contributed by atoms with Crippen molar-refractivity contribution in [3.63, 3.8) is 0 Å². The van der Waals surface area contributed by atoms with E-state index in [9.17, 15) is 9.59 Å². The van der Waals surface area contributed by atoms with Crippen molar-refractivity contribution in [1.29, 1.82) is 0 Å². The summed E-state index contributed by atoms with van der Waals surface area (Å²) in [6.45, 7) is 8.47. The normalized spacial score (nSPS) is 36.3. The number of carbonyl (C=O) groups is 2. The van der Waals surface area contributed by atoms with Gasteiger partial charge in [-0.3, -0.25) is 14.5 Å². The van der Waals surface area contributed by atoms with Crippen molar-refractivity contribution in [2.24, 2.45) is 11.8 Å². The van der Waals surface area contributed by atoms with Gasteiger partial charge in [-0.2, -0.15) is 0 Å². The Labute approximate surface area is 186 Å². The second kappa shape index (κ2) is 9.33. The fourth-order valence-corrected chi connectivity index (χ4v) is 6.28. The predicted molar refractivity (Wildman–Crippen MR) is 119 cm³/mol. The zero-order chi connectivity index (χ0) is 21.3. The molecule has 170 valence electrons. The fraction of sp³-hybridized carbons (Fsp3) is 0.913. The Morgan fingerprint density at radius 1 is 1.13 bits per heavy atom. The molecule has 3 aliphatic heterocycles. The first-order valence-electron chi connectivity index (χ1n) is 12.1. The lowest BCUT2D eigenvalue weighted by Crippen LogP contribution is -2.70. The van der Waals surface area contributed by atoms with Crippen molar-refractivity contribution < 1.29 is 9.59 Å². The zero-order valence-electron chi connectivity index (χ0n) is 18.7. The van der Waals surface area contributed by atoms with Gasteiger partial charge >= 0.3 is 0 Å². The molecule has 2 amide bonds. The molecule has 0 bridgehead atoms. The van der Waals surface area contributed by atoms with Crippen LogP contribution in [0.3, 0.4) is 0 Å². The number of hydrogen-bond donors (Lipinski definition) is 1. The van der Waals surface area contributed by atoms with Gasteiger partial charge in [0.15, 0.2) is 0 Å². The van der Waals surface area contributed by atoms with Gasteiger partial charge in [0.1, 0.15) is 5.54 Å². The molecular formula is C23H39ClN4O2. The number of halogens is 1. The van der Waals surface area contributed by atoms with Crippen LogP contribution < -0.4 is 5.32 Å². The van der Waals surface area contributed by atoms with Gasteiger partial charge in [-0.25, -0.2) is 0 Å². The lowest BCUT2D eigenvalue weighted by molar-refractivity contribution is -0.166. The number of rotatable bonds is 5. The minimum atomic E-state index is -0.679. The van der Waals surface area contributed by atoms with E-state index in [0.29, 0.717) is 31.1 Å². The largest absolute Gasteiger partial charge is 0.331 e. The van der Waals surface area contributed by atoms with Crippen molar-refractivity contribution in [1.82, 2.24) is 20.0 Å². The van der Waals surface area contributed by atoms with E-state index in [2.05, 4.69) is 24.1 Å². The summed E-state index contributed by atoms with van der Waals surface area (Å²) in [5.41, 5.74) is -0.679. The molecule has 30 heavy (non-hydrogen) atoms. The molecule has 0 aromatic carbocycles. The highest BCUT2D eigenvalue weighted by atomic mass is 35.5. The van der Waals surface area contributed by atoms with Gasteiger partial charge in [0.05, 0.1) is 12.7 Å². The highest BCUT2D eigenvalue weighted by molar-refractivity contribution is 6.20. The maximum absolute atomic E-state index is 13.8. The Hall–Kier alpha value is -0.850. The first kappa shape index (κ1) is 22.3. The lowest BCUT2D eigenvalue weighted by atomic mass is 9.84. The number of piperidine rings is 1. The van der Waals surface area contributed by atoms with Gasteiger partial charge in [0.25, 0.3) is 0 Å². The Kier molecular flexibility index (Phi) is 6.95. The Morgan fingerprint density at radius 3 is 2.57 bits per heavy atom. The van der Waals surface area contributed by atoms with Crippen molar-refractivity contribution in [2.75, 3.05) is 39.3 Å². The number of likely N-dealkylation sites (tertiary alicyclic amines) is 1. The highest BCUT2D eigenvalue weighted by Crippen LogP contribution is 2.38. The molecule has 2 unspecified atom stereocenters. The van der Waals surface area contributed by atoms with Crippen molar-refractivity contribution in [3.8, 4) is 0 Å². The summed E-state index contributed by atoms with van der Waals surface area (Å²) >= 11 is 6.31. The van der Waals surface area contributed by atoms with Crippen molar-refractivity contribution in [3.05, 3.63) is 0 Å². The summed E-state index contributed by atoms with van der Waals surface area (Å²) in [6.07, 6.45) is 8.86. The minimum Gasteiger partial charge on any atom is -0.331 e. The van der Waals surface area contributed by atoms with Gasteiger partial charge in [-0.15, -0.1) is 11.6 Å². The van der Waals surface area contributed by atoms with Gasteiger partial charge in [0, 0.05) is 31.6 Å². The maximum Gasteiger partial charge on any atom is 0.250 e. The van der Waals surface area contributed by atoms with Crippen LogP contribution in [0.5, 0.6) is 0 Å². The van der Waals surface area contributed by atoms with Crippen LogP contribution in [-0.2, 0) is 9.59 Å². The third kappa shape index (κ3) is 4.51. The number of nitrogens with zero attached hydrogens (tertiary/aromatic N) is 3. The summed E-state index contributed by atoms with van der Waals surface area (Å²) < 4.78 is 0. The quantitative estimate of drug-likeness (QED) is 0.670. The van der Waals surface area contributed by atoms with E-state index < -0.39 is 5.54 Å². The Bertz CT molecular complexity index is 631. The average molecular weight is 439 g/mol. The first-order chi connectivity index (χ1) is 14.4. The monoisotopic (exact) mass is 438 g/mol. The molecule has 2 atom stereocenters. The van der Waals surface area contributed by atoms with Crippen LogP contribution in [0, 0.1) is 11.8 Å². The van der Waals surface area contributed by atoms with Gasteiger partial charge in [0.2, 0.25) is 11.8 Å². The number of hydrogen-bond acceptors (Lipinski definition) is 4. The van der Waals surface area contributed by atoms with Crippen LogP contribution >= 0.6 is 11.6 Å². The number of nitrogens with one attached hydrogen (secondary N) is 1. The molecule has 0 aromatic heterocycles. The molecule has 0 radical (unpaired) electrons. The molecule has 4 rings (SSSR count). The Balaban J connectivity index is 1.55. The zero-order valence-corrected chi connectivity index (χ0v) is 19.5. The van der Waals surface area contributed by atoms with E-state index >= 15 is 0 Å². The molecule has 7 heteroatoms. The van der Waals surface area contributed by atoms with E-state index in [-0.39, 0.29) is 23.7 Å². The lowest BCUT2D eigenvalue weighted by Gasteiger charge is -2.49. The molecule has 4 fully saturated rings. The summed E-state index contributed by atoms with van der Waals surface area (Å²) in [6, 6.07) is 0. The summed E-state index contributed by atoms with van der Waals surface area (Å²) in [7, 11) is 0. The first-order valence-corrected chi connectivity index (χ1v) is 12.5. The molecule has 1 spiro atoms. The topological polar surface area (TPSA) is 55.9 Å². The molecule has 1 N–H and O–H groups in total. The van der Waals surface area contributed by atoms with E-state index in [1.54, 1.807) is 0 Å². The maximum atomic E-state index is 13.8. The summed E-state index contributed by atoms with van der Waals surface area (Å²) in [4.78, 5) is 33.5. The van der Waals surface area contributed by atoms with Crippen LogP contribution in [-0.4, -0.2) is 82.9 Å². The SMILES string of the molecule is CC(C)CN1CC(=O)N(CC2CCC(Cl)CC2)C2(CCN(C3CCCCN3)C2)C1=O. The highest BCUT2D eigenvalue weighted by Gasteiger charge is 2.56. The number of alkyl halides is 1. The van der Waals surface area contributed by atoms with E-state index in [0.717, 1.165) is 58.2 Å². The van der Waals surface area contributed by atoms with E-state index in [1.807, 2.05) is 9.80 Å². The average Bonchev–Trinajstić information content (AvgIpc) is 3.17. The second-order valence-electron chi connectivity index (χ2n) is 10.4. The van der Waals surface area contributed by atoms with Crippen molar-refractivity contribution in [2.45, 2.75) is 82.3 Å². The van der Waals surface area contributed by atoms with Crippen LogP contribution in [0.4, 0.5) is 0 Å². The van der Waals surface area contributed by atoms with E-state index in [4.69, 9.17) is 11.6 Å². The smallest absolute Gasteiger partial charge is 0.250 e. The van der Waals surface area contributed by atoms with Crippen molar-refractivity contribution >= 4 is 23.4 Å². The second-order valence-corrected chi connectivity index (χ2v) is 11.0. The molecule has 4 aliphatic rings. The minimum absolute atomic E-state index is 0.140. The summed E-state index contributed by atoms with van der Waals surface area (Å²) in [5.74, 6) is 1.15. The summed E-state index contributed by atoms with van der Waals surface area (Å²) in [5, 5.41) is 3.91. The predicted octanol–water partition coefficient (Wildman–Crippen LogP) is 2.65. The van der Waals surface area contributed by atoms with Crippen LogP contribution in [0.25, 0.3) is 0 Å². The van der Waals surface area contributed by atoms with Crippen LogP contribution in [0.1, 0.15) is 65.2 Å². The van der Waals surface area contributed by atoms with E-state index in [1.165, 1.54) is 12.8 Å². The van der Waals surface area contributed by atoms with Gasteiger partial charge in [-0.05, 0) is 69.7 Å². The number of carbonyl (C=O) groups excluding carboxylic acids is 2. The fourth-order valence-electron chi connectivity index (χ4n) is 6.02. The van der Waals surface area contributed by atoms with Crippen LogP contribution in [0.2, 0.25) is 0 Å². The van der Waals surface area contributed by atoms with Gasteiger partial charge < -0.3 is 15.1 Å². The number of piperazine rings is 1. The molecular weight excluding hydrogens is 400 g/mol. The molecule has 6 nitrogen and oxygen atoms in total. The standard InChI is InChI=1S/C23H39ClN4O2/c1-17(2)13-27-15-21(29)28(14-18-6-8-19(24)9-7-18)23(22(27)30)10-12-26(16-23)20-5-3-4-11-25-20/h17-20,25H,3-16H2,1-2H3.